The van der Waals surface area contributed by atoms with Crippen molar-refractivity contribution in [2.24, 2.45) is 57.8 Å². The first-order chi connectivity index (χ1) is 34.6. The maximum absolute atomic E-state index is 15.6. The van der Waals surface area contributed by atoms with Crippen LogP contribution >= 0.6 is 0 Å². The number of aliphatic imine (C=N–C) groups is 1. The third-order valence-electron chi connectivity index (χ3n) is 19.4. The normalized spacial score (nSPS) is 35.5. The minimum absolute atomic E-state index is 0.0417. The van der Waals surface area contributed by atoms with Crippen molar-refractivity contribution in [1.82, 2.24) is 10.6 Å². The fourth-order valence-corrected chi connectivity index (χ4v) is 16.0. The number of nitrogens with one attached hydrogen (secondary N) is 3. The summed E-state index contributed by atoms with van der Waals surface area (Å²) in [7, 11) is 5.33. The second-order valence-electron chi connectivity index (χ2n) is 23.1. The van der Waals surface area contributed by atoms with E-state index in [1.54, 1.807) is 20.2 Å². The molecule has 2 aromatic carbocycles. The summed E-state index contributed by atoms with van der Waals surface area (Å²) in [5, 5.41) is 32.5. The first-order valence-corrected chi connectivity index (χ1v) is 27.7. The number of hydrogen-bond acceptors (Lipinski definition) is 9. The molecule has 0 aromatic heterocycles. The summed E-state index contributed by atoms with van der Waals surface area (Å²) in [6.45, 7) is 2.98. The van der Waals surface area contributed by atoms with Gasteiger partial charge < -0.3 is 39.8 Å². The summed E-state index contributed by atoms with van der Waals surface area (Å²) < 4.78 is 26.1. The fraction of sp³-hybridized carbons (Fsp3) is 0.667. The van der Waals surface area contributed by atoms with Gasteiger partial charge in [0.15, 0.2) is 29.3 Å². The summed E-state index contributed by atoms with van der Waals surface area (Å²) in [6.07, 6.45) is 28.2. The van der Waals surface area contributed by atoms with Crippen molar-refractivity contribution in [1.29, 1.82) is 0 Å². The number of nitrogens with zero attached hydrogens (tertiary/aromatic N) is 1. The van der Waals surface area contributed by atoms with Crippen molar-refractivity contribution >= 4 is 17.4 Å². The Morgan fingerprint density at radius 1 is 0.958 bits per heavy atom. The van der Waals surface area contributed by atoms with Crippen LogP contribution in [0.5, 0.6) is 23.0 Å². The predicted molar refractivity (Wildman–Crippen MR) is 278 cm³/mol. The number of carbonyl (C=O) groups is 1. The monoisotopic (exact) mass is 969 g/mol. The number of guanidine groups is 1. The van der Waals surface area contributed by atoms with Gasteiger partial charge in [-0.2, -0.15) is 0 Å². The van der Waals surface area contributed by atoms with E-state index in [2.05, 4.69) is 65.1 Å². The number of hydrogen-bond donors (Lipinski definition) is 5. The first kappa shape index (κ1) is 49.9. The number of anilines is 1. The van der Waals surface area contributed by atoms with Crippen LogP contribution in [0.4, 0.5) is 5.69 Å². The lowest BCUT2D eigenvalue weighted by Gasteiger charge is -2.55. The molecular formula is C60H80N4O7. The smallest absolute Gasteiger partial charge is 0.207 e. The van der Waals surface area contributed by atoms with Crippen LogP contribution in [-0.4, -0.2) is 67.7 Å². The van der Waals surface area contributed by atoms with Crippen LogP contribution < -0.4 is 30.2 Å². The van der Waals surface area contributed by atoms with E-state index in [1.165, 1.54) is 44.1 Å². The van der Waals surface area contributed by atoms with E-state index in [1.807, 2.05) is 25.3 Å². The van der Waals surface area contributed by atoms with E-state index in [9.17, 15) is 10.2 Å². The van der Waals surface area contributed by atoms with Gasteiger partial charge in [0.25, 0.3) is 0 Å². The number of likely N-dealkylation sites (N-methyl/N-ethyl adjacent to an activating group) is 1. The Balaban J connectivity index is 1.09. The van der Waals surface area contributed by atoms with Gasteiger partial charge >= 0.3 is 0 Å². The van der Waals surface area contributed by atoms with E-state index >= 15 is 4.79 Å². The van der Waals surface area contributed by atoms with Crippen LogP contribution in [0.15, 0.2) is 47.5 Å². The van der Waals surface area contributed by atoms with Crippen molar-refractivity contribution in [2.45, 2.75) is 172 Å². The van der Waals surface area contributed by atoms with E-state index in [-0.39, 0.29) is 46.7 Å². The predicted octanol–water partition coefficient (Wildman–Crippen LogP) is 10.6. The standard InChI is InChI=1S/C60H80N4O7/c1-5-39-19-21-41-31-45-15-10-26-60(45)46-33-50(56-53(34-46)71-58(38-61-2)36-42(13-12-28-69-56)43(37-58)32-55(67)70-47-17-7-6-8-18-47)64-57(62-3)63-27-11-16-44-14-9-25-59(44,54(66)24-22-49(60)48(41)29-39)35-40-20-23-51(65)52(30-40)68-4/h20,22-24,30,33-34,39,41-45,47-49,55,61,65,67H,5-10,13-19,21,25-26,29,31-32,35-38H2,1-4H3,(H2,62,63,64). The molecule has 10 rings (SSSR count). The van der Waals surface area contributed by atoms with Gasteiger partial charge in [-0.3, -0.25) is 15.1 Å². The van der Waals surface area contributed by atoms with Crippen molar-refractivity contribution in [3.63, 3.8) is 0 Å². The molecule has 0 amide bonds. The molecule has 382 valence electrons. The Kier molecular flexibility index (Phi) is 15.0. The quantitative estimate of drug-likeness (QED) is 0.115. The molecule has 0 saturated heterocycles. The lowest BCUT2D eigenvalue weighted by atomic mass is 9.48. The molecule has 0 radical (unpaired) electrons. The Hall–Kier alpha value is -4.68. The van der Waals surface area contributed by atoms with Gasteiger partial charge in [-0.15, -0.1) is 0 Å². The number of ether oxygens (including phenoxy) is 4. The minimum Gasteiger partial charge on any atom is -0.504 e. The molecule has 1 spiro atoms. The number of ketones is 1. The summed E-state index contributed by atoms with van der Waals surface area (Å²) in [5.41, 5.74) is 1.41. The molecule has 11 heteroatoms. The molecule has 2 aromatic rings. The maximum atomic E-state index is 15.6. The SMILES string of the molecule is CCC1CCC2CC3CCCC34c3cc(c5c(c3)OC3(CNC)CC(CC#CO5)C(CC(O)OC5CCCCC5)C3)NC(=NC)NC#CCC3CCCC3(Cc3ccc(O)c(OC)c3)C(=O)C=CC4C2C1. The summed E-state index contributed by atoms with van der Waals surface area (Å²) >= 11 is 0. The van der Waals surface area contributed by atoms with Gasteiger partial charge in [0.2, 0.25) is 11.7 Å². The summed E-state index contributed by atoms with van der Waals surface area (Å²) in [5.74, 6) is 11.9. The molecule has 6 aliphatic carbocycles. The highest BCUT2D eigenvalue weighted by atomic mass is 16.6. The number of methoxy groups -OCH3 is 1. The van der Waals surface area contributed by atoms with Crippen molar-refractivity contribution in [3.8, 4) is 47.0 Å². The zero-order valence-corrected chi connectivity index (χ0v) is 43.0. The number of aromatic hydroxyl groups is 1. The molecular weight excluding hydrogens is 889 g/mol. The van der Waals surface area contributed by atoms with E-state index in [4.69, 9.17) is 23.9 Å². The minimum atomic E-state index is -0.828. The molecule has 6 saturated carbocycles. The Bertz CT molecular complexity index is 2440. The van der Waals surface area contributed by atoms with Gasteiger partial charge in [-0.25, -0.2) is 0 Å². The zero-order chi connectivity index (χ0) is 49.2. The average Bonchev–Trinajstić information content (AvgIpc) is 4.08. The van der Waals surface area contributed by atoms with Crippen molar-refractivity contribution < 1.29 is 34.0 Å². The number of aliphatic hydroxyl groups is 1. The van der Waals surface area contributed by atoms with E-state index < -0.39 is 17.3 Å². The van der Waals surface area contributed by atoms with Crippen LogP contribution in [0, 0.1) is 76.7 Å². The molecule has 8 aliphatic rings. The molecule has 2 aliphatic heterocycles. The summed E-state index contributed by atoms with van der Waals surface area (Å²) in [4.78, 5) is 20.3. The third-order valence-corrected chi connectivity index (χ3v) is 19.4. The summed E-state index contributed by atoms with van der Waals surface area (Å²) in [6, 6.07) is 13.4. The van der Waals surface area contributed by atoms with Gasteiger partial charge in [0.1, 0.15) is 11.7 Å². The lowest BCUT2D eigenvalue weighted by molar-refractivity contribution is -0.154. The van der Waals surface area contributed by atoms with Crippen LogP contribution in [0.25, 0.3) is 0 Å². The highest BCUT2D eigenvalue weighted by Gasteiger charge is 2.58. The van der Waals surface area contributed by atoms with E-state index in [0.29, 0.717) is 79.1 Å². The second-order valence-corrected chi connectivity index (χ2v) is 23.1. The Labute approximate surface area is 423 Å². The van der Waals surface area contributed by atoms with Crippen molar-refractivity contribution in [3.05, 3.63) is 53.6 Å². The Morgan fingerprint density at radius 2 is 1.80 bits per heavy atom. The van der Waals surface area contributed by atoms with Crippen LogP contribution in [0.3, 0.4) is 0 Å². The van der Waals surface area contributed by atoms with Gasteiger partial charge in [0.05, 0.1) is 18.9 Å². The number of fused-ring (bicyclic) bond motifs is 9. The van der Waals surface area contributed by atoms with E-state index in [0.717, 1.165) is 88.3 Å². The number of benzene rings is 2. The number of aliphatic hydroxyl groups excluding tert-OH is 1. The van der Waals surface area contributed by atoms with Crippen LogP contribution in [0.2, 0.25) is 0 Å². The van der Waals surface area contributed by atoms with Gasteiger partial charge in [-0.05, 0) is 173 Å². The molecule has 71 heavy (non-hydrogen) atoms. The topological polar surface area (TPSA) is 143 Å². The molecule has 6 fully saturated rings. The molecule has 2 heterocycles. The highest BCUT2D eigenvalue weighted by molar-refractivity contribution is 5.97. The second kappa shape index (κ2) is 21.4. The largest absolute Gasteiger partial charge is 0.504 e. The Morgan fingerprint density at radius 3 is 2.62 bits per heavy atom. The number of phenols is 1. The lowest BCUT2D eigenvalue weighted by Crippen LogP contribution is -2.51. The average molecular weight is 969 g/mol. The van der Waals surface area contributed by atoms with Crippen LogP contribution in [0.1, 0.15) is 153 Å². The number of rotatable bonds is 10. The van der Waals surface area contributed by atoms with Gasteiger partial charge in [-0.1, -0.05) is 75.9 Å². The molecule has 12 unspecified atom stereocenters. The maximum Gasteiger partial charge on any atom is 0.207 e. The first-order valence-electron chi connectivity index (χ1n) is 27.7. The number of carbonyl (C=O) groups excluding carboxylic acids is 1. The molecule has 4 bridgehead atoms. The number of allylic oxidation sites excluding steroid dienone is 2. The zero-order valence-electron chi connectivity index (χ0n) is 43.0. The molecule has 12 atom stereocenters. The molecule has 5 N–H and O–H groups in total. The van der Waals surface area contributed by atoms with Gasteiger partial charge in [0, 0.05) is 49.7 Å². The highest BCUT2D eigenvalue weighted by Crippen LogP contribution is 2.65. The fourth-order valence-electron chi connectivity index (χ4n) is 16.0. The van der Waals surface area contributed by atoms with Crippen molar-refractivity contribution in [2.75, 3.05) is 33.1 Å². The number of phenolic OH excluding ortho intramolecular Hbond substituents is 1. The third kappa shape index (κ3) is 9.94. The van der Waals surface area contributed by atoms with Crippen LogP contribution in [-0.2, 0) is 21.4 Å². The molecule has 11 nitrogen and oxygen atoms in total.